The molecule has 0 bridgehead atoms. The Kier molecular flexibility index (Phi) is 5.77. The van der Waals surface area contributed by atoms with Gasteiger partial charge in [-0.3, -0.25) is 4.79 Å². The summed E-state index contributed by atoms with van der Waals surface area (Å²) in [5.41, 5.74) is 0.788. The van der Waals surface area contributed by atoms with E-state index in [0.717, 1.165) is 24.9 Å². The molecule has 1 fully saturated rings. The van der Waals surface area contributed by atoms with E-state index in [-0.39, 0.29) is 23.7 Å². The maximum absolute atomic E-state index is 13.6. The lowest BCUT2D eigenvalue weighted by atomic mass is 9.93. The van der Waals surface area contributed by atoms with Gasteiger partial charge in [-0.2, -0.15) is 0 Å². The number of aliphatic hydroxyl groups excluding tert-OH is 1. The number of halogens is 1. The summed E-state index contributed by atoms with van der Waals surface area (Å²) in [7, 11) is 1.43. The number of piperidine rings is 1. The standard InChI is InChI=1S/C17H24FNO3/c1-12(20)14-4-3-9-19(11-14)17(21)8-6-13-5-7-16(22-2)15(18)10-13/h5,7,10,12,14,20H,3-4,6,8-9,11H2,1-2H3. The minimum absolute atomic E-state index is 0.0709. The largest absolute Gasteiger partial charge is 0.494 e. The van der Waals surface area contributed by atoms with E-state index >= 15 is 0 Å². The molecule has 1 aliphatic heterocycles. The Morgan fingerprint density at radius 1 is 1.55 bits per heavy atom. The SMILES string of the molecule is COc1ccc(CCC(=O)N2CCCC(C(C)O)C2)cc1F. The van der Waals surface area contributed by atoms with E-state index in [1.807, 2.05) is 4.90 Å². The van der Waals surface area contributed by atoms with Crippen LogP contribution in [0.4, 0.5) is 4.39 Å². The van der Waals surface area contributed by atoms with Gasteiger partial charge in [-0.1, -0.05) is 6.07 Å². The van der Waals surface area contributed by atoms with Crippen LogP contribution in [-0.2, 0) is 11.2 Å². The number of aryl methyl sites for hydroxylation is 1. The Labute approximate surface area is 130 Å². The number of hydrogen-bond donors (Lipinski definition) is 1. The first-order chi connectivity index (χ1) is 10.5. The normalized spacial score (nSPS) is 19.8. The molecule has 2 rings (SSSR count). The molecule has 2 atom stereocenters. The number of aliphatic hydroxyl groups is 1. The van der Waals surface area contributed by atoms with Crippen LogP contribution in [0.2, 0.25) is 0 Å². The fourth-order valence-corrected chi connectivity index (χ4v) is 2.91. The zero-order chi connectivity index (χ0) is 16.1. The molecule has 1 aliphatic rings. The van der Waals surface area contributed by atoms with Crippen molar-refractivity contribution >= 4 is 5.91 Å². The van der Waals surface area contributed by atoms with Gasteiger partial charge in [-0.25, -0.2) is 4.39 Å². The van der Waals surface area contributed by atoms with Gasteiger partial charge in [0.15, 0.2) is 11.6 Å². The molecule has 4 nitrogen and oxygen atoms in total. The van der Waals surface area contributed by atoms with Crippen LogP contribution in [-0.4, -0.2) is 42.2 Å². The number of carbonyl (C=O) groups excluding carboxylic acids is 1. The zero-order valence-electron chi connectivity index (χ0n) is 13.2. The first-order valence-corrected chi connectivity index (χ1v) is 7.79. The van der Waals surface area contributed by atoms with Crippen LogP contribution in [0.15, 0.2) is 18.2 Å². The van der Waals surface area contributed by atoms with Gasteiger partial charge in [0.25, 0.3) is 0 Å². The Balaban J connectivity index is 1.88. The highest BCUT2D eigenvalue weighted by molar-refractivity contribution is 5.76. The van der Waals surface area contributed by atoms with E-state index in [1.165, 1.54) is 13.2 Å². The van der Waals surface area contributed by atoms with Crippen LogP contribution in [0.25, 0.3) is 0 Å². The molecule has 1 heterocycles. The van der Waals surface area contributed by atoms with Gasteiger partial charge in [0.05, 0.1) is 13.2 Å². The molecule has 5 heteroatoms. The molecule has 2 unspecified atom stereocenters. The molecule has 1 N–H and O–H groups in total. The summed E-state index contributed by atoms with van der Waals surface area (Å²) in [6.45, 7) is 3.14. The number of carbonyl (C=O) groups is 1. The summed E-state index contributed by atoms with van der Waals surface area (Å²) in [6, 6.07) is 4.78. The summed E-state index contributed by atoms with van der Waals surface area (Å²) in [5, 5.41) is 9.67. The van der Waals surface area contributed by atoms with Gasteiger partial charge in [0.1, 0.15) is 0 Å². The molecule has 122 valence electrons. The minimum Gasteiger partial charge on any atom is -0.494 e. The molecule has 22 heavy (non-hydrogen) atoms. The topological polar surface area (TPSA) is 49.8 Å². The second-order valence-corrected chi connectivity index (χ2v) is 5.95. The van der Waals surface area contributed by atoms with Crippen molar-refractivity contribution in [2.24, 2.45) is 5.92 Å². The lowest BCUT2D eigenvalue weighted by molar-refractivity contribution is -0.133. The zero-order valence-corrected chi connectivity index (χ0v) is 13.2. The Bertz CT molecular complexity index is 519. The second kappa shape index (κ2) is 7.58. The van der Waals surface area contributed by atoms with Gasteiger partial charge in [0.2, 0.25) is 5.91 Å². The molecular formula is C17H24FNO3. The Morgan fingerprint density at radius 2 is 2.32 bits per heavy atom. The lowest BCUT2D eigenvalue weighted by Crippen LogP contribution is -2.43. The van der Waals surface area contributed by atoms with E-state index in [4.69, 9.17) is 4.74 Å². The smallest absolute Gasteiger partial charge is 0.222 e. The summed E-state index contributed by atoms with van der Waals surface area (Å²) < 4.78 is 18.5. The van der Waals surface area contributed by atoms with E-state index in [9.17, 15) is 14.3 Å². The van der Waals surface area contributed by atoms with E-state index in [2.05, 4.69) is 0 Å². The first-order valence-electron chi connectivity index (χ1n) is 7.79. The summed E-state index contributed by atoms with van der Waals surface area (Å²) in [6.07, 6.45) is 2.38. The fourth-order valence-electron chi connectivity index (χ4n) is 2.91. The molecule has 1 aromatic carbocycles. The number of benzene rings is 1. The Morgan fingerprint density at radius 3 is 2.95 bits per heavy atom. The van der Waals surface area contributed by atoms with Gasteiger partial charge in [-0.15, -0.1) is 0 Å². The molecule has 1 aromatic rings. The highest BCUT2D eigenvalue weighted by atomic mass is 19.1. The van der Waals surface area contributed by atoms with Crippen molar-refractivity contribution in [3.63, 3.8) is 0 Å². The van der Waals surface area contributed by atoms with Crippen molar-refractivity contribution in [2.45, 2.75) is 38.7 Å². The highest BCUT2D eigenvalue weighted by Gasteiger charge is 2.26. The van der Waals surface area contributed by atoms with Crippen LogP contribution < -0.4 is 4.74 Å². The van der Waals surface area contributed by atoms with Crippen LogP contribution >= 0.6 is 0 Å². The molecular weight excluding hydrogens is 285 g/mol. The van der Waals surface area contributed by atoms with Crippen molar-refractivity contribution < 1.29 is 19.0 Å². The predicted octanol–water partition coefficient (Wildman–Crippen LogP) is 2.39. The molecule has 0 saturated carbocycles. The number of amides is 1. The van der Waals surface area contributed by atoms with Crippen LogP contribution in [0.5, 0.6) is 5.75 Å². The maximum Gasteiger partial charge on any atom is 0.222 e. The highest BCUT2D eigenvalue weighted by Crippen LogP contribution is 2.22. The number of hydrogen-bond acceptors (Lipinski definition) is 3. The average Bonchev–Trinajstić information content (AvgIpc) is 2.52. The molecule has 0 aliphatic carbocycles. The maximum atomic E-state index is 13.6. The fraction of sp³-hybridized carbons (Fsp3) is 0.588. The van der Waals surface area contributed by atoms with Crippen molar-refractivity contribution in [2.75, 3.05) is 20.2 Å². The number of ether oxygens (including phenoxy) is 1. The molecule has 0 spiro atoms. The number of likely N-dealkylation sites (tertiary alicyclic amines) is 1. The quantitative estimate of drug-likeness (QED) is 0.908. The lowest BCUT2D eigenvalue weighted by Gasteiger charge is -2.34. The monoisotopic (exact) mass is 309 g/mol. The third-order valence-corrected chi connectivity index (χ3v) is 4.34. The summed E-state index contributed by atoms with van der Waals surface area (Å²) in [5.74, 6) is 0.0446. The molecule has 1 saturated heterocycles. The summed E-state index contributed by atoms with van der Waals surface area (Å²) >= 11 is 0. The van der Waals surface area contributed by atoms with Gasteiger partial charge in [-0.05, 0) is 43.9 Å². The van der Waals surface area contributed by atoms with E-state index in [0.29, 0.717) is 19.4 Å². The molecule has 0 radical (unpaired) electrons. The van der Waals surface area contributed by atoms with Gasteiger partial charge >= 0.3 is 0 Å². The second-order valence-electron chi connectivity index (χ2n) is 5.95. The van der Waals surface area contributed by atoms with Crippen molar-refractivity contribution in [3.8, 4) is 5.75 Å². The number of nitrogens with zero attached hydrogens (tertiary/aromatic N) is 1. The van der Waals surface area contributed by atoms with Crippen molar-refractivity contribution in [1.29, 1.82) is 0 Å². The Hall–Kier alpha value is -1.62. The van der Waals surface area contributed by atoms with Crippen molar-refractivity contribution in [3.05, 3.63) is 29.6 Å². The van der Waals surface area contributed by atoms with Gasteiger partial charge < -0.3 is 14.7 Å². The third kappa shape index (κ3) is 4.19. The van der Waals surface area contributed by atoms with Crippen LogP contribution in [0.1, 0.15) is 31.7 Å². The van der Waals surface area contributed by atoms with Crippen LogP contribution in [0.3, 0.4) is 0 Å². The van der Waals surface area contributed by atoms with E-state index in [1.54, 1.807) is 19.1 Å². The molecule has 0 aromatic heterocycles. The average molecular weight is 309 g/mol. The minimum atomic E-state index is -0.403. The van der Waals surface area contributed by atoms with Gasteiger partial charge in [0, 0.05) is 25.4 Å². The van der Waals surface area contributed by atoms with Crippen molar-refractivity contribution in [1.82, 2.24) is 4.90 Å². The third-order valence-electron chi connectivity index (χ3n) is 4.34. The first kappa shape index (κ1) is 16.7. The van der Waals surface area contributed by atoms with Crippen LogP contribution in [0, 0.1) is 11.7 Å². The number of rotatable bonds is 5. The van der Waals surface area contributed by atoms with E-state index < -0.39 is 5.82 Å². The predicted molar refractivity (Wildman–Crippen MR) is 82.3 cm³/mol. The number of methoxy groups -OCH3 is 1. The molecule has 1 amide bonds. The summed E-state index contributed by atoms with van der Waals surface area (Å²) in [4.78, 5) is 14.1.